The van der Waals surface area contributed by atoms with E-state index >= 15 is 0 Å². The van der Waals surface area contributed by atoms with E-state index in [4.69, 9.17) is 11.5 Å². The third kappa shape index (κ3) is 3.66. The Bertz CT molecular complexity index is 349. The van der Waals surface area contributed by atoms with Crippen molar-refractivity contribution in [2.24, 2.45) is 21.9 Å². The van der Waals surface area contributed by atoms with Gasteiger partial charge in [0.25, 0.3) is 0 Å². The minimum atomic E-state index is -0.198. The molecule has 0 heterocycles. The minimum absolute atomic E-state index is 0.0513. The first-order chi connectivity index (χ1) is 7.41. The van der Waals surface area contributed by atoms with Gasteiger partial charge in [0, 0.05) is 0 Å². The maximum Gasteiger partial charge on any atom is 0.112 e. The van der Waals surface area contributed by atoms with E-state index in [2.05, 4.69) is 25.8 Å². The van der Waals surface area contributed by atoms with E-state index in [1.807, 2.05) is 30.3 Å². The molecule has 3 nitrogen and oxygen atoms in total. The number of amidine groups is 1. The Morgan fingerprint density at radius 3 is 2.31 bits per heavy atom. The second-order valence-corrected chi connectivity index (χ2v) is 5.07. The molecule has 1 aromatic carbocycles. The monoisotopic (exact) mass is 219 g/mol. The summed E-state index contributed by atoms with van der Waals surface area (Å²) in [5.74, 6) is 0.524. The molecule has 0 aliphatic carbocycles. The molecule has 0 spiro atoms. The summed E-state index contributed by atoms with van der Waals surface area (Å²) in [7, 11) is 0. The molecule has 0 amide bonds. The molecule has 16 heavy (non-hydrogen) atoms. The lowest BCUT2D eigenvalue weighted by Gasteiger charge is -2.26. The molecule has 88 valence electrons. The maximum atomic E-state index is 6.00. The number of hydrogen-bond acceptors (Lipinski definition) is 2. The zero-order valence-electron chi connectivity index (χ0n) is 10.3. The Morgan fingerprint density at radius 1 is 1.25 bits per heavy atom. The van der Waals surface area contributed by atoms with E-state index in [-0.39, 0.29) is 11.5 Å². The van der Waals surface area contributed by atoms with Gasteiger partial charge in [0.1, 0.15) is 5.84 Å². The lowest BCUT2D eigenvalue weighted by Crippen LogP contribution is -2.46. The Labute approximate surface area is 97.6 Å². The molecular weight excluding hydrogens is 198 g/mol. The van der Waals surface area contributed by atoms with Crippen LogP contribution >= 0.6 is 0 Å². The van der Waals surface area contributed by atoms with Crippen LogP contribution in [-0.4, -0.2) is 11.9 Å². The first-order valence-electron chi connectivity index (χ1n) is 5.50. The lowest BCUT2D eigenvalue weighted by atomic mass is 9.87. The SMILES string of the molecule is CC(C)(C)C(N)C(N)=NCc1ccccc1. The first-order valence-corrected chi connectivity index (χ1v) is 5.50. The van der Waals surface area contributed by atoms with Gasteiger partial charge in [0.15, 0.2) is 0 Å². The van der Waals surface area contributed by atoms with Crippen LogP contribution in [0.15, 0.2) is 35.3 Å². The molecule has 0 fully saturated rings. The minimum Gasteiger partial charge on any atom is -0.386 e. The topological polar surface area (TPSA) is 64.4 Å². The number of benzene rings is 1. The molecule has 1 rings (SSSR count). The van der Waals surface area contributed by atoms with Crippen LogP contribution in [0.4, 0.5) is 0 Å². The Kier molecular flexibility index (Phi) is 4.07. The average Bonchev–Trinajstić information content (AvgIpc) is 2.25. The third-order valence-electron chi connectivity index (χ3n) is 2.54. The van der Waals surface area contributed by atoms with Gasteiger partial charge in [0.2, 0.25) is 0 Å². The molecule has 0 saturated heterocycles. The maximum absolute atomic E-state index is 6.00. The van der Waals surface area contributed by atoms with Crippen molar-refractivity contribution in [2.75, 3.05) is 0 Å². The van der Waals surface area contributed by atoms with Gasteiger partial charge in [-0.2, -0.15) is 0 Å². The summed E-state index contributed by atoms with van der Waals surface area (Å²) in [5, 5.41) is 0. The number of aliphatic imine (C=N–C) groups is 1. The second kappa shape index (κ2) is 5.12. The van der Waals surface area contributed by atoms with Gasteiger partial charge in [-0.1, -0.05) is 51.1 Å². The van der Waals surface area contributed by atoms with Crippen LogP contribution in [0.2, 0.25) is 0 Å². The molecule has 0 aromatic heterocycles. The molecule has 0 bridgehead atoms. The van der Waals surface area contributed by atoms with E-state index in [1.165, 1.54) is 0 Å². The summed E-state index contributed by atoms with van der Waals surface area (Å²) in [6, 6.07) is 9.82. The number of nitrogens with two attached hydrogens (primary N) is 2. The molecule has 1 atom stereocenters. The highest BCUT2D eigenvalue weighted by Gasteiger charge is 2.23. The Morgan fingerprint density at radius 2 is 1.81 bits per heavy atom. The summed E-state index contributed by atoms with van der Waals surface area (Å²) < 4.78 is 0. The molecule has 1 unspecified atom stereocenters. The van der Waals surface area contributed by atoms with Crippen molar-refractivity contribution in [3.63, 3.8) is 0 Å². The zero-order valence-corrected chi connectivity index (χ0v) is 10.3. The zero-order chi connectivity index (χ0) is 12.2. The molecule has 1 aromatic rings. The fourth-order valence-electron chi connectivity index (χ4n) is 1.31. The van der Waals surface area contributed by atoms with Crippen LogP contribution in [0, 0.1) is 5.41 Å². The summed E-state index contributed by atoms with van der Waals surface area (Å²) >= 11 is 0. The van der Waals surface area contributed by atoms with Crippen molar-refractivity contribution < 1.29 is 0 Å². The summed E-state index contributed by atoms with van der Waals surface area (Å²) in [6.45, 7) is 6.77. The van der Waals surface area contributed by atoms with Crippen LogP contribution in [0.25, 0.3) is 0 Å². The molecule has 0 aliphatic rings. The fourth-order valence-corrected chi connectivity index (χ4v) is 1.31. The van der Waals surface area contributed by atoms with E-state index in [0.717, 1.165) is 5.56 Å². The van der Waals surface area contributed by atoms with Crippen molar-refractivity contribution in [3.05, 3.63) is 35.9 Å². The van der Waals surface area contributed by atoms with Gasteiger partial charge < -0.3 is 11.5 Å². The van der Waals surface area contributed by atoms with Crippen LogP contribution in [0.5, 0.6) is 0 Å². The molecule has 0 radical (unpaired) electrons. The Hall–Kier alpha value is -1.35. The van der Waals surface area contributed by atoms with E-state index in [0.29, 0.717) is 12.4 Å². The normalized spacial score (nSPS) is 14.9. The molecule has 3 heteroatoms. The van der Waals surface area contributed by atoms with Crippen molar-refractivity contribution >= 4 is 5.84 Å². The Balaban J connectivity index is 2.65. The van der Waals surface area contributed by atoms with Gasteiger partial charge in [-0.15, -0.1) is 0 Å². The van der Waals surface area contributed by atoms with Crippen molar-refractivity contribution in [3.8, 4) is 0 Å². The van der Waals surface area contributed by atoms with E-state index in [1.54, 1.807) is 0 Å². The van der Waals surface area contributed by atoms with Crippen LogP contribution < -0.4 is 11.5 Å². The van der Waals surface area contributed by atoms with E-state index < -0.39 is 0 Å². The quantitative estimate of drug-likeness (QED) is 0.602. The standard InChI is InChI=1S/C13H21N3/c1-13(2,3)11(14)12(15)16-9-10-7-5-4-6-8-10/h4-8,11H,9,14H2,1-3H3,(H2,15,16). The first kappa shape index (κ1) is 12.7. The largest absolute Gasteiger partial charge is 0.386 e. The fraction of sp³-hybridized carbons (Fsp3) is 0.462. The summed E-state index contributed by atoms with van der Waals surface area (Å²) in [6.07, 6.45) is 0. The highest BCUT2D eigenvalue weighted by atomic mass is 14.9. The highest BCUT2D eigenvalue weighted by Crippen LogP contribution is 2.17. The van der Waals surface area contributed by atoms with E-state index in [9.17, 15) is 0 Å². The number of rotatable bonds is 3. The van der Waals surface area contributed by atoms with Gasteiger partial charge >= 0.3 is 0 Å². The number of hydrogen-bond donors (Lipinski definition) is 2. The number of nitrogens with zero attached hydrogens (tertiary/aromatic N) is 1. The highest BCUT2D eigenvalue weighted by molar-refractivity contribution is 5.86. The molecule has 0 saturated carbocycles. The molecular formula is C13H21N3. The van der Waals surface area contributed by atoms with Gasteiger partial charge in [0.05, 0.1) is 12.6 Å². The third-order valence-corrected chi connectivity index (χ3v) is 2.54. The smallest absolute Gasteiger partial charge is 0.112 e. The van der Waals surface area contributed by atoms with Crippen molar-refractivity contribution in [2.45, 2.75) is 33.4 Å². The second-order valence-electron chi connectivity index (χ2n) is 5.07. The average molecular weight is 219 g/mol. The van der Waals surface area contributed by atoms with Gasteiger partial charge in [-0.3, -0.25) is 4.99 Å². The van der Waals surface area contributed by atoms with Crippen molar-refractivity contribution in [1.29, 1.82) is 0 Å². The van der Waals surface area contributed by atoms with Gasteiger partial charge in [-0.25, -0.2) is 0 Å². The van der Waals surface area contributed by atoms with Gasteiger partial charge in [-0.05, 0) is 11.0 Å². The summed E-state index contributed by atoms with van der Waals surface area (Å²) in [4.78, 5) is 4.33. The van der Waals surface area contributed by atoms with Crippen molar-refractivity contribution in [1.82, 2.24) is 0 Å². The summed E-state index contributed by atoms with van der Waals surface area (Å²) in [5.41, 5.74) is 13.0. The molecule has 4 N–H and O–H groups in total. The predicted octanol–water partition coefficient (Wildman–Crippen LogP) is 1.92. The predicted molar refractivity (Wildman–Crippen MR) is 69.2 cm³/mol. The van der Waals surface area contributed by atoms with Crippen LogP contribution in [0.1, 0.15) is 26.3 Å². The van der Waals surface area contributed by atoms with Crippen LogP contribution in [0.3, 0.4) is 0 Å². The van der Waals surface area contributed by atoms with Crippen LogP contribution in [-0.2, 0) is 6.54 Å². The lowest BCUT2D eigenvalue weighted by molar-refractivity contribution is 0.380. The molecule has 0 aliphatic heterocycles.